The molecule has 2 nitrogen and oxygen atoms in total. The first-order valence-corrected chi connectivity index (χ1v) is 8.50. The van der Waals surface area contributed by atoms with Crippen molar-refractivity contribution in [2.75, 3.05) is 0 Å². The van der Waals surface area contributed by atoms with Crippen molar-refractivity contribution in [3.8, 4) is 28.0 Å². The monoisotopic (exact) mass is 388 g/mol. The SMILES string of the molecule is O=Ic1c(O)cc(-c2ccccc2)cc1-c1ccccc1. The largest absolute Gasteiger partial charge is 0.507 e. The van der Waals surface area contributed by atoms with Crippen LogP contribution in [0.15, 0.2) is 72.8 Å². The fourth-order valence-electron chi connectivity index (χ4n) is 2.32. The van der Waals surface area contributed by atoms with E-state index in [0.29, 0.717) is 3.57 Å². The Morgan fingerprint density at radius 1 is 0.714 bits per heavy atom. The van der Waals surface area contributed by atoms with Crippen LogP contribution < -0.4 is 0 Å². The molecule has 3 aromatic rings. The molecule has 0 aliphatic carbocycles. The van der Waals surface area contributed by atoms with E-state index in [0.717, 1.165) is 22.3 Å². The minimum Gasteiger partial charge on any atom is -0.507 e. The molecule has 0 heterocycles. The van der Waals surface area contributed by atoms with Crippen LogP contribution in [0.2, 0.25) is 0 Å². The van der Waals surface area contributed by atoms with E-state index in [1.807, 2.05) is 66.7 Å². The second kappa shape index (κ2) is 6.18. The van der Waals surface area contributed by atoms with Crippen molar-refractivity contribution < 1.29 is 8.18 Å². The number of aromatic hydroxyl groups is 1. The van der Waals surface area contributed by atoms with Gasteiger partial charge in [0.15, 0.2) is 21.2 Å². The molecule has 0 unspecified atom stereocenters. The number of benzene rings is 3. The molecule has 0 radical (unpaired) electrons. The van der Waals surface area contributed by atoms with Crippen LogP contribution in [-0.4, -0.2) is 5.11 Å². The molecule has 3 aromatic carbocycles. The van der Waals surface area contributed by atoms with Crippen molar-refractivity contribution in [1.29, 1.82) is 0 Å². The highest BCUT2D eigenvalue weighted by Gasteiger charge is 2.13. The zero-order valence-electron chi connectivity index (χ0n) is 11.2. The van der Waals surface area contributed by atoms with Crippen LogP contribution in [0.25, 0.3) is 22.3 Å². The summed E-state index contributed by atoms with van der Waals surface area (Å²) in [6.45, 7) is 0. The van der Waals surface area contributed by atoms with Gasteiger partial charge in [0.25, 0.3) is 0 Å². The van der Waals surface area contributed by atoms with Crippen LogP contribution in [-0.2, 0) is 3.07 Å². The average molecular weight is 388 g/mol. The molecule has 21 heavy (non-hydrogen) atoms. The Morgan fingerprint density at radius 3 is 1.86 bits per heavy atom. The lowest BCUT2D eigenvalue weighted by Gasteiger charge is -2.10. The third kappa shape index (κ3) is 2.88. The van der Waals surface area contributed by atoms with Crippen molar-refractivity contribution in [1.82, 2.24) is 0 Å². The van der Waals surface area contributed by atoms with Gasteiger partial charge in [0.05, 0.1) is 3.57 Å². The normalized spacial score (nSPS) is 10.5. The van der Waals surface area contributed by atoms with Gasteiger partial charge in [-0.1, -0.05) is 60.7 Å². The van der Waals surface area contributed by atoms with E-state index < -0.39 is 21.2 Å². The minimum atomic E-state index is -1.44. The van der Waals surface area contributed by atoms with Crippen molar-refractivity contribution in [2.45, 2.75) is 0 Å². The summed E-state index contributed by atoms with van der Waals surface area (Å²) in [6.07, 6.45) is 0. The molecular formula is C18H13IO2. The maximum Gasteiger partial charge on any atom is 0.186 e. The maximum absolute atomic E-state index is 11.5. The Bertz CT molecular complexity index is 768. The summed E-state index contributed by atoms with van der Waals surface area (Å²) >= 11 is -1.44. The average Bonchev–Trinajstić information content (AvgIpc) is 2.55. The summed E-state index contributed by atoms with van der Waals surface area (Å²) in [4.78, 5) is 0. The molecule has 0 saturated carbocycles. The maximum atomic E-state index is 11.5. The molecule has 0 fully saturated rings. The number of hydrogen-bond acceptors (Lipinski definition) is 2. The number of hydrogen-bond donors (Lipinski definition) is 1. The third-order valence-electron chi connectivity index (χ3n) is 3.32. The van der Waals surface area contributed by atoms with E-state index >= 15 is 0 Å². The number of rotatable bonds is 3. The second-order valence-corrected chi connectivity index (χ2v) is 6.19. The zero-order valence-corrected chi connectivity index (χ0v) is 13.3. The molecule has 0 aliphatic heterocycles. The molecule has 0 saturated heterocycles. The van der Waals surface area contributed by atoms with Gasteiger partial charge >= 0.3 is 0 Å². The topological polar surface area (TPSA) is 37.3 Å². The zero-order chi connectivity index (χ0) is 14.7. The van der Waals surface area contributed by atoms with E-state index in [9.17, 15) is 8.18 Å². The van der Waals surface area contributed by atoms with E-state index in [1.54, 1.807) is 6.07 Å². The molecule has 0 aromatic heterocycles. The number of halogens is 1. The first-order chi connectivity index (χ1) is 10.3. The summed E-state index contributed by atoms with van der Waals surface area (Å²) in [5.41, 5.74) is 3.77. The fraction of sp³-hybridized carbons (Fsp3) is 0. The number of phenolic OH excluding ortho intramolecular Hbond substituents is 1. The predicted molar refractivity (Wildman–Crippen MR) is 92.4 cm³/mol. The van der Waals surface area contributed by atoms with Crippen molar-refractivity contribution in [3.63, 3.8) is 0 Å². The Morgan fingerprint density at radius 2 is 1.29 bits per heavy atom. The van der Waals surface area contributed by atoms with E-state index in [4.69, 9.17) is 0 Å². The van der Waals surface area contributed by atoms with E-state index in [-0.39, 0.29) is 5.75 Å². The van der Waals surface area contributed by atoms with Gasteiger partial charge in [0, 0.05) is 5.56 Å². The predicted octanol–water partition coefficient (Wildman–Crippen LogP) is 5.21. The number of phenols is 1. The Balaban J connectivity index is 2.23. The minimum absolute atomic E-state index is 0.109. The first-order valence-electron chi connectivity index (χ1n) is 6.54. The molecule has 104 valence electrons. The van der Waals surface area contributed by atoms with E-state index in [1.165, 1.54) is 0 Å². The third-order valence-corrected chi connectivity index (χ3v) is 4.90. The van der Waals surface area contributed by atoms with Crippen LogP contribution in [0.1, 0.15) is 0 Å². The van der Waals surface area contributed by atoms with E-state index in [2.05, 4.69) is 0 Å². The highest BCUT2D eigenvalue weighted by molar-refractivity contribution is 14.1. The van der Waals surface area contributed by atoms with Crippen molar-refractivity contribution >= 4 is 21.2 Å². The summed E-state index contributed by atoms with van der Waals surface area (Å²) in [5.74, 6) is 0.109. The van der Waals surface area contributed by atoms with Crippen LogP contribution >= 0.6 is 21.2 Å². The van der Waals surface area contributed by atoms with Gasteiger partial charge in [0.1, 0.15) is 5.75 Å². The molecule has 3 rings (SSSR count). The molecule has 0 bridgehead atoms. The fourth-order valence-corrected chi connectivity index (χ4v) is 3.40. The Labute approximate surface area is 133 Å². The molecule has 0 spiro atoms. The van der Waals surface area contributed by atoms with Gasteiger partial charge in [-0.15, -0.1) is 0 Å². The highest BCUT2D eigenvalue weighted by Crippen LogP contribution is 2.37. The lowest BCUT2D eigenvalue weighted by molar-refractivity contribution is 0.472. The van der Waals surface area contributed by atoms with Crippen molar-refractivity contribution in [3.05, 3.63) is 76.4 Å². The van der Waals surface area contributed by atoms with Gasteiger partial charge in [-0.3, -0.25) is 3.07 Å². The van der Waals surface area contributed by atoms with Gasteiger partial charge in [-0.05, 0) is 28.8 Å². The second-order valence-electron chi connectivity index (χ2n) is 4.67. The highest BCUT2D eigenvalue weighted by atomic mass is 127. The molecule has 3 heteroatoms. The quantitative estimate of drug-likeness (QED) is 0.626. The van der Waals surface area contributed by atoms with Crippen LogP contribution in [0.3, 0.4) is 0 Å². The van der Waals surface area contributed by atoms with Gasteiger partial charge in [-0.25, -0.2) is 0 Å². The van der Waals surface area contributed by atoms with Crippen LogP contribution in [0.5, 0.6) is 5.75 Å². The van der Waals surface area contributed by atoms with Crippen LogP contribution in [0, 0.1) is 3.57 Å². The molecule has 0 aliphatic rings. The lowest BCUT2D eigenvalue weighted by atomic mass is 9.98. The smallest absolute Gasteiger partial charge is 0.186 e. The Hall–Kier alpha value is -2.01. The summed E-state index contributed by atoms with van der Waals surface area (Å²) in [6, 6.07) is 23.3. The van der Waals surface area contributed by atoms with Gasteiger partial charge < -0.3 is 5.11 Å². The molecular weight excluding hydrogens is 375 g/mol. The van der Waals surface area contributed by atoms with Crippen LogP contribution in [0.4, 0.5) is 0 Å². The van der Waals surface area contributed by atoms with Crippen molar-refractivity contribution in [2.24, 2.45) is 0 Å². The van der Waals surface area contributed by atoms with Gasteiger partial charge in [-0.2, -0.15) is 0 Å². The lowest BCUT2D eigenvalue weighted by Crippen LogP contribution is -1.87. The molecule has 1 N–H and O–H groups in total. The molecule has 0 atom stereocenters. The standard InChI is InChI=1S/C18H13IO2/c20-17-12-15(13-7-3-1-4-8-13)11-16(18(17)19-21)14-9-5-2-6-10-14/h1-12,20H. The van der Waals surface area contributed by atoms with Gasteiger partial charge in [0.2, 0.25) is 0 Å². The molecule has 0 amide bonds. The Kier molecular flexibility index (Phi) is 4.10. The first kappa shape index (κ1) is 13.9. The summed E-state index contributed by atoms with van der Waals surface area (Å²) in [5, 5.41) is 10.2. The summed E-state index contributed by atoms with van der Waals surface area (Å²) in [7, 11) is 0. The summed E-state index contributed by atoms with van der Waals surface area (Å²) < 4.78 is 12.1.